The number of nitrogens with one attached hydrogen (secondary N) is 1. The third-order valence-electron chi connectivity index (χ3n) is 4.42. The first-order valence-electron chi connectivity index (χ1n) is 7.75. The Hall–Kier alpha value is -0.770. The molecular formula is C15H30N2O2. The van der Waals surface area contributed by atoms with E-state index in [1.807, 2.05) is 7.05 Å². The Bertz CT molecular complexity index is 267. The molecule has 0 saturated heterocycles. The highest BCUT2D eigenvalue weighted by Crippen LogP contribution is 2.24. The van der Waals surface area contributed by atoms with E-state index in [4.69, 9.17) is 0 Å². The molecular weight excluding hydrogens is 240 g/mol. The molecule has 0 radical (unpaired) electrons. The Morgan fingerprint density at radius 2 is 1.95 bits per heavy atom. The van der Waals surface area contributed by atoms with Crippen molar-refractivity contribution in [2.45, 2.75) is 58.5 Å². The monoisotopic (exact) mass is 270 g/mol. The van der Waals surface area contributed by atoms with E-state index in [1.165, 1.54) is 6.42 Å². The lowest BCUT2D eigenvalue weighted by atomic mass is 9.86. The highest BCUT2D eigenvalue weighted by Gasteiger charge is 2.25. The van der Waals surface area contributed by atoms with Crippen LogP contribution in [-0.4, -0.2) is 42.3 Å². The Morgan fingerprint density at radius 1 is 1.32 bits per heavy atom. The van der Waals surface area contributed by atoms with E-state index >= 15 is 0 Å². The lowest BCUT2D eigenvalue weighted by Gasteiger charge is -2.31. The van der Waals surface area contributed by atoms with Gasteiger partial charge in [-0.3, -0.25) is 0 Å². The molecule has 0 heterocycles. The molecule has 4 nitrogen and oxygen atoms in total. The van der Waals surface area contributed by atoms with Gasteiger partial charge in [-0.1, -0.05) is 39.5 Å². The van der Waals surface area contributed by atoms with E-state index in [9.17, 15) is 9.90 Å². The highest BCUT2D eigenvalue weighted by atomic mass is 16.3. The first-order valence-corrected chi connectivity index (χ1v) is 7.75. The van der Waals surface area contributed by atoms with Gasteiger partial charge < -0.3 is 15.3 Å². The number of hydrogen-bond donors (Lipinski definition) is 2. The molecule has 1 aliphatic rings. The molecule has 0 aromatic heterocycles. The van der Waals surface area contributed by atoms with Crippen LogP contribution in [0.25, 0.3) is 0 Å². The summed E-state index contributed by atoms with van der Waals surface area (Å²) in [7, 11) is 1.82. The van der Waals surface area contributed by atoms with Gasteiger partial charge in [0, 0.05) is 26.1 Å². The molecule has 19 heavy (non-hydrogen) atoms. The molecule has 1 fully saturated rings. The quantitative estimate of drug-likeness (QED) is 0.779. The number of hydrogen-bond acceptors (Lipinski definition) is 2. The summed E-state index contributed by atoms with van der Waals surface area (Å²) in [4.78, 5) is 13.7. The van der Waals surface area contributed by atoms with Gasteiger partial charge in [-0.25, -0.2) is 4.79 Å². The van der Waals surface area contributed by atoms with Gasteiger partial charge in [0.25, 0.3) is 0 Å². The zero-order valence-corrected chi connectivity index (χ0v) is 12.7. The van der Waals surface area contributed by atoms with E-state index in [1.54, 1.807) is 4.90 Å². The van der Waals surface area contributed by atoms with Crippen LogP contribution >= 0.6 is 0 Å². The smallest absolute Gasteiger partial charge is 0.317 e. The first kappa shape index (κ1) is 16.3. The average molecular weight is 270 g/mol. The van der Waals surface area contributed by atoms with Crippen molar-refractivity contribution in [3.8, 4) is 0 Å². The summed E-state index contributed by atoms with van der Waals surface area (Å²) in [6, 6.07) is -0.00956. The maximum absolute atomic E-state index is 12.0. The number of urea groups is 1. The number of aliphatic hydroxyl groups is 1. The van der Waals surface area contributed by atoms with E-state index in [0.29, 0.717) is 12.5 Å². The molecule has 112 valence electrons. The van der Waals surface area contributed by atoms with Crippen LogP contribution in [0.2, 0.25) is 0 Å². The van der Waals surface area contributed by atoms with Gasteiger partial charge in [0.1, 0.15) is 0 Å². The molecule has 0 spiro atoms. The third kappa shape index (κ3) is 5.39. The molecule has 2 amide bonds. The molecule has 0 bridgehead atoms. The van der Waals surface area contributed by atoms with Crippen LogP contribution in [0.5, 0.6) is 0 Å². The second kappa shape index (κ2) is 8.41. The zero-order valence-electron chi connectivity index (χ0n) is 12.7. The van der Waals surface area contributed by atoms with Crippen molar-refractivity contribution in [2.24, 2.45) is 11.8 Å². The van der Waals surface area contributed by atoms with Gasteiger partial charge in [-0.05, 0) is 18.8 Å². The van der Waals surface area contributed by atoms with Gasteiger partial charge in [0.2, 0.25) is 0 Å². The molecule has 4 heteroatoms. The third-order valence-corrected chi connectivity index (χ3v) is 4.42. The van der Waals surface area contributed by atoms with Crippen LogP contribution in [0.3, 0.4) is 0 Å². The minimum atomic E-state index is -0.233. The van der Waals surface area contributed by atoms with Crippen LogP contribution in [-0.2, 0) is 0 Å². The normalized spacial score (nSPS) is 23.4. The zero-order chi connectivity index (χ0) is 14.3. The molecule has 1 saturated carbocycles. The Kier molecular flexibility index (Phi) is 7.21. The minimum absolute atomic E-state index is 0.00956. The average Bonchev–Trinajstić information content (AvgIpc) is 2.42. The van der Waals surface area contributed by atoms with Crippen LogP contribution in [0.15, 0.2) is 0 Å². The fourth-order valence-corrected chi connectivity index (χ4v) is 2.78. The molecule has 0 aliphatic heterocycles. The Balaban J connectivity index is 2.31. The summed E-state index contributed by atoms with van der Waals surface area (Å²) in [6.45, 7) is 5.73. The SMILES string of the molecule is CCC(CC)CNC(=O)N(C)CC1CCCCC1O. The van der Waals surface area contributed by atoms with Gasteiger partial charge >= 0.3 is 6.03 Å². The first-order chi connectivity index (χ1) is 9.08. The van der Waals surface area contributed by atoms with E-state index in [0.717, 1.165) is 38.6 Å². The molecule has 2 atom stereocenters. The Morgan fingerprint density at radius 3 is 2.53 bits per heavy atom. The standard InChI is InChI=1S/C15H30N2O2/c1-4-12(5-2)10-16-15(19)17(3)11-13-8-6-7-9-14(13)18/h12-14,18H,4-11H2,1-3H3,(H,16,19). The van der Waals surface area contributed by atoms with E-state index < -0.39 is 0 Å². The van der Waals surface area contributed by atoms with Crippen LogP contribution < -0.4 is 5.32 Å². The molecule has 2 unspecified atom stereocenters. The van der Waals surface area contributed by atoms with Crippen molar-refractivity contribution in [3.63, 3.8) is 0 Å². The number of carbonyl (C=O) groups excluding carboxylic acids is 1. The summed E-state index contributed by atoms with van der Waals surface area (Å²) in [5.74, 6) is 0.815. The van der Waals surface area contributed by atoms with Crippen molar-refractivity contribution < 1.29 is 9.90 Å². The second-order valence-corrected chi connectivity index (χ2v) is 5.86. The summed E-state index contributed by atoms with van der Waals surface area (Å²) < 4.78 is 0. The number of carbonyl (C=O) groups is 1. The predicted molar refractivity (Wildman–Crippen MR) is 78.1 cm³/mol. The lowest BCUT2D eigenvalue weighted by Crippen LogP contribution is -2.44. The summed E-state index contributed by atoms with van der Waals surface area (Å²) in [5.41, 5.74) is 0. The van der Waals surface area contributed by atoms with Crippen LogP contribution in [0.4, 0.5) is 4.79 Å². The van der Waals surface area contributed by atoms with Gasteiger partial charge in [-0.2, -0.15) is 0 Å². The van der Waals surface area contributed by atoms with E-state index in [2.05, 4.69) is 19.2 Å². The summed E-state index contributed by atoms with van der Waals surface area (Å²) >= 11 is 0. The van der Waals surface area contributed by atoms with Crippen molar-refractivity contribution in [2.75, 3.05) is 20.1 Å². The van der Waals surface area contributed by atoms with Crippen molar-refractivity contribution in [3.05, 3.63) is 0 Å². The van der Waals surface area contributed by atoms with Crippen molar-refractivity contribution in [1.29, 1.82) is 0 Å². The van der Waals surface area contributed by atoms with Gasteiger partial charge in [0.15, 0.2) is 0 Å². The van der Waals surface area contributed by atoms with Crippen molar-refractivity contribution in [1.82, 2.24) is 10.2 Å². The molecule has 1 rings (SSSR count). The summed E-state index contributed by atoms with van der Waals surface area (Å²) in [6.07, 6.45) is 6.17. The molecule has 0 aromatic carbocycles. The molecule has 1 aliphatic carbocycles. The number of aliphatic hydroxyl groups excluding tert-OH is 1. The van der Waals surface area contributed by atoms with Crippen molar-refractivity contribution >= 4 is 6.03 Å². The number of amides is 2. The number of nitrogens with zero attached hydrogens (tertiary/aromatic N) is 1. The second-order valence-electron chi connectivity index (χ2n) is 5.86. The number of rotatable bonds is 6. The maximum atomic E-state index is 12.0. The molecule has 2 N–H and O–H groups in total. The summed E-state index contributed by atoms with van der Waals surface area (Å²) in [5, 5.41) is 12.9. The molecule has 0 aromatic rings. The highest BCUT2D eigenvalue weighted by molar-refractivity contribution is 5.73. The Labute approximate surface area is 117 Å². The minimum Gasteiger partial charge on any atom is -0.393 e. The van der Waals surface area contributed by atoms with Crippen LogP contribution in [0.1, 0.15) is 52.4 Å². The maximum Gasteiger partial charge on any atom is 0.317 e. The van der Waals surface area contributed by atoms with Gasteiger partial charge in [0.05, 0.1) is 6.10 Å². The fourth-order valence-electron chi connectivity index (χ4n) is 2.78. The van der Waals surface area contributed by atoms with E-state index in [-0.39, 0.29) is 18.1 Å². The van der Waals surface area contributed by atoms with Crippen LogP contribution in [0, 0.1) is 11.8 Å². The largest absolute Gasteiger partial charge is 0.393 e. The lowest BCUT2D eigenvalue weighted by molar-refractivity contribution is 0.0564. The van der Waals surface area contributed by atoms with Gasteiger partial charge in [-0.15, -0.1) is 0 Å². The fraction of sp³-hybridized carbons (Fsp3) is 0.933. The predicted octanol–water partition coefficient (Wildman–Crippen LogP) is 2.62. The topological polar surface area (TPSA) is 52.6 Å².